The molecule has 1 aliphatic rings. The van der Waals surface area contributed by atoms with Gasteiger partial charge in [0.1, 0.15) is 5.92 Å². The minimum atomic E-state index is -1.30. The summed E-state index contributed by atoms with van der Waals surface area (Å²) >= 11 is 0. The Morgan fingerprint density at radius 2 is 1.37 bits per heavy atom. The van der Waals surface area contributed by atoms with Gasteiger partial charge in [-0.1, -0.05) is 65.8 Å². The van der Waals surface area contributed by atoms with Crippen molar-refractivity contribution in [3.8, 4) is 0 Å². The summed E-state index contributed by atoms with van der Waals surface area (Å²) in [5, 5.41) is 0. The van der Waals surface area contributed by atoms with Crippen LogP contribution in [0.2, 0.25) is 0 Å². The van der Waals surface area contributed by atoms with Crippen molar-refractivity contribution in [3.63, 3.8) is 0 Å². The van der Waals surface area contributed by atoms with Crippen molar-refractivity contribution in [1.29, 1.82) is 0 Å². The van der Waals surface area contributed by atoms with Crippen LogP contribution in [0.3, 0.4) is 0 Å². The van der Waals surface area contributed by atoms with Crippen molar-refractivity contribution in [1.82, 2.24) is 0 Å². The molecular formula is C31H46O4. The van der Waals surface area contributed by atoms with Crippen molar-refractivity contribution in [2.24, 2.45) is 35.0 Å². The standard InChI is InChI=1S/C31H46O4/c1-20(2)12-14-25-28(33)27(26(32)15-13-24-11-9-8-10-23(24)7)30(35)31(29(25)34,18-16-21(3)4)19-17-22(5)6/h8-11,20-22,25,27H,12-19H2,1-7H3. The van der Waals surface area contributed by atoms with E-state index in [9.17, 15) is 19.2 Å². The van der Waals surface area contributed by atoms with Crippen molar-refractivity contribution in [2.75, 3.05) is 0 Å². The predicted molar refractivity (Wildman–Crippen MR) is 141 cm³/mol. The van der Waals surface area contributed by atoms with Crippen LogP contribution in [-0.2, 0) is 25.6 Å². The lowest BCUT2D eigenvalue weighted by atomic mass is 9.57. The molecule has 1 aromatic carbocycles. The van der Waals surface area contributed by atoms with E-state index in [-0.39, 0.29) is 18.0 Å². The van der Waals surface area contributed by atoms with Crippen LogP contribution in [0.15, 0.2) is 24.3 Å². The number of benzene rings is 1. The molecule has 4 heteroatoms. The first kappa shape index (κ1) is 29.1. The topological polar surface area (TPSA) is 68.3 Å². The maximum atomic E-state index is 14.0. The molecule has 0 aromatic heterocycles. The van der Waals surface area contributed by atoms with Crippen molar-refractivity contribution in [2.45, 2.75) is 99.8 Å². The van der Waals surface area contributed by atoms with Gasteiger partial charge in [0.25, 0.3) is 0 Å². The molecule has 0 saturated heterocycles. The Morgan fingerprint density at radius 3 is 1.89 bits per heavy atom. The Labute approximate surface area is 212 Å². The number of carbonyl (C=O) groups is 4. The van der Waals surface area contributed by atoms with Gasteiger partial charge in [0.05, 0.1) is 11.3 Å². The van der Waals surface area contributed by atoms with Crippen molar-refractivity contribution in [3.05, 3.63) is 35.4 Å². The molecule has 0 spiro atoms. The van der Waals surface area contributed by atoms with Gasteiger partial charge < -0.3 is 0 Å². The minimum absolute atomic E-state index is 0.141. The summed E-state index contributed by atoms with van der Waals surface area (Å²) in [6, 6.07) is 7.88. The van der Waals surface area contributed by atoms with E-state index in [1.165, 1.54) is 0 Å². The summed E-state index contributed by atoms with van der Waals surface area (Å²) in [6.45, 7) is 14.5. The van der Waals surface area contributed by atoms with E-state index in [0.29, 0.717) is 43.4 Å². The molecule has 2 unspecified atom stereocenters. The lowest BCUT2D eigenvalue weighted by Crippen LogP contribution is -2.58. The monoisotopic (exact) mass is 482 g/mol. The quantitative estimate of drug-likeness (QED) is 0.292. The van der Waals surface area contributed by atoms with Gasteiger partial charge in [-0.3, -0.25) is 19.2 Å². The lowest BCUT2D eigenvalue weighted by Gasteiger charge is -2.41. The SMILES string of the molecule is Cc1ccccc1CCC(=O)C1C(=O)C(CCC(C)C)C(=O)C(CCC(C)C)(CCC(C)C)C1=O. The van der Waals surface area contributed by atoms with Crippen LogP contribution in [0.25, 0.3) is 0 Å². The fourth-order valence-electron chi connectivity index (χ4n) is 5.25. The molecule has 2 atom stereocenters. The van der Waals surface area contributed by atoms with Gasteiger partial charge in [0.15, 0.2) is 23.1 Å². The number of ketones is 4. The molecule has 1 aromatic rings. The Kier molecular flexibility index (Phi) is 10.6. The number of carbonyl (C=O) groups excluding carboxylic acids is 4. The summed E-state index contributed by atoms with van der Waals surface area (Å²) in [5.74, 6) is -2.54. The van der Waals surface area contributed by atoms with Gasteiger partial charge in [-0.15, -0.1) is 0 Å². The fourth-order valence-corrected chi connectivity index (χ4v) is 5.25. The maximum absolute atomic E-state index is 14.0. The van der Waals surface area contributed by atoms with Gasteiger partial charge >= 0.3 is 0 Å². The zero-order valence-electron chi connectivity index (χ0n) is 23.0. The van der Waals surface area contributed by atoms with E-state index in [2.05, 4.69) is 41.5 Å². The van der Waals surface area contributed by atoms with E-state index >= 15 is 0 Å². The average molecular weight is 483 g/mol. The summed E-state index contributed by atoms with van der Waals surface area (Å²) in [7, 11) is 0. The zero-order valence-corrected chi connectivity index (χ0v) is 23.0. The minimum Gasteiger partial charge on any atom is -0.298 e. The number of aryl methyl sites for hydroxylation is 2. The molecule has 2 rings (SSSR count). The third kappa shape index (κ3) is 7.21. The van der Waals surface area contributed by atoms with Crippen LogP contribution in [0.4, 0.5) is 0 Å². The Hall–Kier alpha value is -2.10. The third-order valence-electron chi connectivity index (χ3n) is 7.70. The summed E-state index contributed by atoms with van der Waals surface area (Å²) in [5.41, 5.74) is 0.928. The second kappa shape index (κ2) is 12.7. The molecule has 194 valence electrons. The maximum Gasteiger partial charge on any atom is 0.164 e. The first-order valence-corrected chi connectivity index (χ1v) is 13.6. The third-order valence-corrected chi connectivity index (χ3v) is 7.70. The summed E-state index contributed by atoms with van der Waals surface area (Å²) in [4.78, 5) is 55.1. The molecule has 0 aliphatic heterocycles. The molecule has 0 heterocycles. The Bertz CT molecular complexity index is 896. The second-order valence-electron chi connectivity index (χ2n) is 11.9. The molecule has 35 heavy (non-hydrogen) atoms. The van der Waals surface area contributed by atoms with E-state index in [1.54, 1.807) is 0 Å². The van der Waals surface area contributed by atoms with Crippen LogP contribution in [-0.4, -0.2) is 23.1 Å². The highest BCUT2D eigenvalue weighted by Crippen LogP contribution is 2.45. The number of Topliss-reactive ketones (excluding diaryl/α,β-unsaturated/α-hetero) is 4. The Balaban J connectivity index is 2.44. The first-order valence-electron chi connectivity index (χ1n) is 13.6. The van der Waals surface area contributed by atoms with Crippen LogP contribution in [0.5, 0.6) is 0 Å². The molecule has 1 saturated carbocycles. The predicted octanol–water partition coefficient (Wildman–Crippen LogP) is 6.75. The van der Waals surface area contributed by atoms with Gasteiger partial charge in [-0.25, -0.2) is 0 Å². The normalized spacial score (nSPS) is 20.3. The van der Waals surface area contributed by atoms with Gasteiger partial charge in [0.2, 0.25) is 0 Å². The van der Waals surface area contributed by atoms with E-state index in [1.807, 2.05) is 31.2 Å². The van der Waals surface area contributed by atoms with Gasteiger partial charge in [0, 0.05) is 6.42 Å². The van der Waals surface area contributed by atoms with Crippen LogP contribution < -0.4 is 0 Å². The largest absolute Gasteiger partial charge is 0.298 e. The van der Waals surface area contributed by atoms with E-state index in [4.69, 9.17) is 0 Å². The highest BCUT2D eigenvalue weighted by Gasteiger charge is 2.59. The van der Waals surface area contributed by atoms with Gasteiger partial charge in [-0.05, 0) is 80.8 Å². The molecule has 0 bridgehead atoms. The molecule has 4 nitrogen and oxygen atoms in total. The first-order chi connectivity index (χ1) is 16.4. The number of hydrogen-bond donors (Lipinski definition) is 0. The zero-order chi connectivity index (χ0) is 26.3. The smallest absolute Gasteiger partial charge is 0.164 e. The van der Waals surface area contributed by atoms with Crippen LogP contribution in [0, 0.1) is 41.9 Å². The molecule has 1 aliphatic carbocycles. The van der Waals surface area contributed by atoms with E-state index < -0.39 is 28.8 Å². The summed E-state index contributed by atoms with van der Waals surface area (Å²) < 4.78 is 0. The van der Waals surface area contributed by atoms with Crippen molar-refractivity contribution >= 4 is 23.1 Å². The molecule has 0 amide bonds. The van der Waals surface area contributed by atoms with E-state index in [0.717, 1.165) is 30.4 Å². The fraction of sp³-hybridized carbons (Fsp3) is 0.677. The number of hydrogen-bond acceptors (Lipinski definition) is 4. The second-order valence-corrected chi connectivity index (χ2v) is 11.9. The van der Waals surface area contributed by atoms with Crippen molar-refractivity contribution < 1.29 is 19.2 Å². The van der Waals surface area contributed by atoms with Gasteiger partial charge in [-0.2, -0.15) is 0 Å². The van der Waals surface area contributed by atoms with Crippen LogP contribution >= 0.6 is 0 Å². The number of rotatable bonds is 13. The molecule has 0 radical (unpaired) electrons. The highest BCUT2D eigenvalue weighted by atomic mass is 16.2. The highest BCUT2D eigenvalue weighted by molar-refractivity contribution is 6.33. The van der Waals surface area contributed by atoms with Crippen LogP contribution in [0.1, 0.15) is 97.6 Å². The molecule has 1 fully saturated rings. The average Bonchev–Trinajstić information content (AvgIpc) is 2.77. The molecule has 0 N–H and O–H groups in total. The Morgan fingerprint density at radius 1 is 0.829 bits per heavy atom. The lowest BCUT2D eigenvalue weighted by molar-refractivity contribution is -0.160. The summed E-state index contributed by atoms with van der Waals surface area (Å²) in [6.07, 6.45) is 4.11. The molecular weight excluding hydrogens is 436 g/mol.